The summed E-state index contributed by atoms with van der Waals surface area (Å²) >= 11 is 0. The molecule has 0 amide bonds. The molecule has 1 aromatic heterocycles. The van der Waals surface area contributed by atoms with E-state index in [-0.39, 0.29) is 17.9 Å². The van der Waals surface area contributed by atoms with Crippen molar-refractivity contribution in [1.82, 2.24) is 9.88 Å². The number of ether oxygens (including phenoxy) is 1. The summed E-state index contributed by atoms with van der Waals surface area (Å²) in [6.45, 7) is 7.95. The summed E-state index contributed by atoms with van der Waals surface area (Å²) in [6.07, 6.45) is 2.85. The monoisotopic (exact) mass is 294 g/mol. The maximum Gasteiger partial charge on any atom is 0.287 e. The summed E-state index contributed by atoms with van der Waals surface area (Å²) in [7, 11) is 0. The van der Waals surface area contributed by atoms with Gasteiger partial charge in [0.25, 0.3) is 5.69 Å². The molecule has 1 aliphatic heterocycles. The Morgan fingerprint density at radius 1 is 1.43 bits per heavy atom. The van der Waals surface area contributed by atoms with Crippen LogP contribution in [0.3, 0.4) is 0 Å². The summed E-state index contributed by atoms with van der Waals surface area (Å²) < 4.78 is 5.70. The van der Waals surface area contributed by atoms with E-state index in [0.29, 0.717) is 5.82 Å². The second-order valence-electron chi connectivity index (χ2n) is 5.46. The van der Waals surface area contributed by atoms with Crippen LogP contribution in [0.15, 0.2) is 18.3 Å². The van der Waals surface area contributed by atoms with Gasteiger partial charge in [-0.25, -0.2) is 4.98 Å². The Kier molecular flexibility index (Phi) is 5.46. The van der Waals surface area contributed by atoms with Gasteiger partial charge < -0.3 is 10.1 Å². The predicted molar refractivity (Wildman–Crippen MR) is 80.4 cm³/mol. The van der Waals surface area contributed by atoms with Gasteiger partial charge in [-0.05, 0) is 26.3 Å². The smallest absolute Gasteiger partial charge is 0.287 e. The number of nitrogens with zero attached hydrogens (tertiary/aromatic N) is 3. The van der Waals surface area contributed by atoms with Crippen LogP contribution in [0, 0.1) is 10.1 Å². The van der Waals surface area contributed by atoms with E-state index < -0.39 is 4.92 Å². The third kappa shape index (κ3) is 4.95. The maximum atomic E-state index is 10.5. The van der Waals surface area contributed by atoms with E-state index in [0.717, 1.165) is 32.6 Å². The van der Waals surface area contributed by atoms with Crippen LogP contribution in [0.25, 0.3) is 0 Å². The molecule has 7 heteroatoms. The van der Waals surface area contributed by atoms with Crippen LogP contribution in [-0.4, -0.2) is 53.2 Å². The van der Waals surface area contributed by atoms with Crippen molar-refractivity contribution in [1.29, 1.82) is 0 Å². The normalized spacial score (nSPS) is 23.0. The minimum Gasteiger partial charge on any atom is -0.373 e. The van der Waals surface area contributed by atoms with Gasteiger partial charge in [0.2, 0.25) is 0 Å². The largest absolute Gasteiger partial charge is 0.373 e. The van der Waals surface area contributed by atoms with Gasteiger partial charge in [-0.1, -0.05) is 0 Å². The lowest BCUT2D eigenvalue weighted by Gasteiger charge is -2.35. The summed E-state index contributed by atoms with van der Waals surface area (Å²) in [5.41, 5.74) is 0.0110. The second-order valence-corrected chi connectivity index (χ2v) is 5.46. The molecule has 0 aromatic carbocycles. The fourth-order valence-corrected chi connectivity index (χ4v) is 2.58. The molecule has 2 unspecified atom stereocenters. The molecule has 2 atom stereocenters. The van der Waals surface area contributed by atoms with Gasteiger partial charge in [0.05, 0.1) is 17.1 Å². The Labute approximate surface area is 124 Å². The first-order chi connectivity index (χ1) is 10.0. The number of nitro groups is 1. The Balaban J connectivity index is 1.68. The van der Waals surface area contributed by atoms with Crippen molar-refractivity contribution in [3.63, 3.8) is 0 Å². The average Bonchev–Trinajstić information content (AvgIpc) is 2.43. The number of nitrogens with one attached hydrogen (secondary N) is 1. The zero-order chi connectivity index (χ0) is 15.2. The SMILES string of the molecule is CC1CN(CCCNc2ccc([N+](=O)[O-])cn2)CC(C)O1. The van der Waals surface area contributed by atoms with Gasteiger partial charge in [0, 0.05) is 32.2 Å². The number of pyridine rings is 1. The average molecular weight is 294 g/mol. The Morgan fingerprint density at radius 2 is 2.14 bits per heavy atom. The highest BCUT2D eigenvalue weighted by Crippen LogP contribution is 2.13. The molecule has 1 aromatic rings. The van der Waals surface area contributed by atoms with Crippen LogP contribution in [0.4, 0.5) is 11.5 Å². The number of rotatable bonds is 6. The summed E-state index contributed by atoms with van der Waals surface area (Å²) in [5, 5.41) is 13.7. The molecule has 1 fully saturated rings. The van der Waals surface area contributed by atoms with Gasteiger partial charge >= 0.3 is 0 Å². The number of aromatic nitrogens is 1. The van der Waals surface area contributed by atoms with Gasteiger partial charge in [-0.2, -0.15) is 0 Å². The molecule has 1 N–H and O–H groups in total. The summed E-state index contributed by atoms with van der Waals surface area (Å²) in [4.78, 5) is 16.5. The lowest BCUT2D eigenvalue weighted by molar-refractivity contribution is -0.385. The van der Waals surface area contributed by atoms with E-state index in [1.54, 1.807) is 6.07 Å². The zero-order valence-corrected chi connectivity index (χ0v) is 12.5. The quantitative estimate of drug-likeness (QED) is 0.490. The molecule has 2 rings (SSSR count). The zero-order valence-electron chi connectivity index (χ0n) is 12.5. The van der Waals surface area contributed by atoms with Crippen LogP contribution >= 0.6 is 0 Å². The van der Waals surface area contributed by atoms with Gasteiger partial charge in [-0.3, -0.25) is 15.0 Å². The second kappa shape index (κ2) is 7.33. The first kappa shape index (κ1) is 15.7. The van der Waals surface area contributed by atoms with Crippen molar-refractivity contribution in [3.05, 3.63) is 28.4 Å². The van der Waals surface area contributed by atoms with Crippen molar-refractivity contribution < 1.29 is 9.66 Å². The van der Waals surface area contributed by atoms with E-state index in [2.05, 4.69) is 29.0 Å². The molecule has 0 saturated carbocycles. The Morgan fingerprint density at radius 3 is 2.71 bits per heavy atom. The molecule has 116 valence electrons. The predicted octanol–water partition coefficient (Wildman–Crippen LogP) is 1.90. The first-order valence-corrected chi connectivity index (χ1v) is 7.26. The van der Waals surface area contributed by atoms with Crippen molar-refractivity contribution in [2.24, 2.45) is 0 Å². The summed E-state index contributed by atoms with van der Waals surface area (Å²) in [6, 6.07) is 3.09. The van der Waals surface area contributed by atoms with Crippen LogP contribution in [0.2, 0.25) is 0 Å². The molecule has 2 heterocycles. The van der Waals surface area contributed by atoms with Gasteiger partial charge in [0.15, 0.2) is 0 Å². The molecule has 1 saturated heterocycles. The minimum atomic E-state index is -0.447. The Bertz CT molecular complexity index is 456. The maximum absolute atomic E-state index is 10.5. The molecule has 0 bridgehead atoms. The highest BCUT2D eigenvalue weighted by Gasteiger charge is 2.21. The molecule has 1 aliphatic rings. The van der Waals surface area contributed by atoms with E-state index >= 15 is 0 Å². The van der Waals surface area contributed by atoms with E-state index in [1.165, 1.54) is 12.3 Å². The molecule has 0 aliphatic carbocycles. The number of hydrogen-bond acceptors (Lipinski definition) is 6. The lowest BCUT2D eigenvalue weighted by atomic mass is 10.2. The first-order valence-electron chi connectivity index (χ1n) is 7.26. The molecule has 0 radical (unpaired) electrons. The van der Waals surface area contributed by atoms with Crippen LogP contribution in [0.1, 0.15) is 20.3 Å². The van der Waals surface area contributed by atoms with Crippen LogP contribution in [-0.2, 0) is 4.74 Å². The van der Waals surface area contributed by atoms with Crippen molar-refractivity contribution in [3.8, 4) is 0 Å². The standard InChI is InChI=1S/C14H22N4O3/c1-11-9-17(10-12(2)21-11)7-3-6-15-14-5-4-13(8-16-14)18(19)20/h4-5,8,11-12H,3,6-7,9-10H2,1-2H3,(H,15,16). The molecular weight excluding hydrogens is 272 g/mol. The van der Waals surface area contributed by atoms with Gasteiger partial charge in [-0.15, -0.1) is 0 Å². The topological polar surface area (TPSA) is 80.5 Å². The van der Waals surface area contributed by atoms with Crippen molar-refractivity contribution in [2.45, 2.75) is 32.5 Å². The third-order valence-electron chi connectivity index (χ3n) is 3.41. The number of morpholine rings is 1. The lowest BCUT2D eigenvalue weighted by Crippen LogP contribution is -2.45. The van der Waals surface area contributed by atoms with Crippen molar-refractivity contribution in [2.75, 3.05) is 31.5 Å². The van der Waals surface area contributed by atoms with Crippen LogP contribution < -0.4 is 5.32 Å². The molecule has 0 spiro atoms. The van der Waals surface area contributed by atoms with Crippen molar-refractivity contribution >= 4 is 11.5 Å². The Hall–Kier alpha value is -1.73. The van der Waals surface area contributed by atoms with E-state index in [4.69, 9.17) is 4.74 Å². The van der Waals surface area contributed by atoms with Crippen LogP contribution in [0.5, 0.6) is 0 Å². The number of hydrogen-bond donors (Lipinski definition) is 1. The highest BCUT2D eigenvalue weighted by atomic mass is 16.6. The number of anilines is 1. The highest BCUT2D eigenvalue weighted by molar-refractivity contribution is 5.39. The molecule has 21 heavy (non-hydrogen) atoms. The molecule has 7 nitrogen and oxygen atoms in total. The van der Waals surface area contributed by atoms with E-state index in [1.807, 2.05) is 0 Å². The molecular formula is C14H22N4O3. The van der Waals surface area contributed by atoms with E-state index in [9.17, 15) is 10.1 Å². The summed E-state index contributed by atoms with van der Waals surface area (Å²) in [5.74, 6) is 0.671. The minimum absolute atomic E-state index is 0.0110. The fraction of sp³-hybridized carbons (Fsp3) is 0.643. The fourth-order valence-electron chi connectivity index (χ4n) is 2.58. The van der Waals surface area contributed by atoms with Gasteiger partial charge in [0.1, 0.15) is 12.0 Å². The third-order valence-corrected chi connectivity index (χ3v) is 3.41.